The molecule has 2 aliphatic carbocycles. The van der Waals surface area contributed by atoms with Gasteiger partial charge in [-0.1, -0.05) is 67.6 Å². The first-order chi connectivity index (χ1) is 15.1. The molecule has 0 spiro atoms. The normalized spacial score (nSPS) is 26.9. The second-order valence-corrected chi connectivity index (χ2v) is 8.75. The van der Waals surface area contributed by atoms with Crippen molar-refractivity contribution in [3.05, 3.63) is 77.9 Å². The van der Waals surface area contributed by atoms with Crippen molar-refractivity contribution < 1.29 is 14.4 Å². The van der Waals surface area contributed by atoms with Gasteiger partial charge in [-0.05, 0) is 41.9 Å². The van der Waals surface area contributed by atoms with E-state index in [0.717, 1.165) is 29.7 Å². The molecular formula is C26H26N2O3. The lowest BCUT2D eigenvalue weighted by molar-refractivity contribution is -0.147. The van der Waals surface area contributed by atoms with E-state index in [-0.39, 0.29) is 41.4 Å². The summed E-state index contributed by atoms with van der Waals surface area (Å²) in [6.45, 7) is 2.03. The van der Waals surface area contributed by atoms with Crippen LogP contribution in [0.5, 0.6) is 0 Å². The molecule has 5 atom stereocenters. The largest absolute Gasteiger partial charge is 0.324 e. The van der Waals surface area contributed by atoms with Crippen LogP contribution in [0.15, 0.2) is 66.7 Å². The summed E-state index contributed by atoms with van der Waals surface area (Å²) in [5, 5.41) is 3.00. The summed E-state index contributed by atoms with van der Waals surface area (Å²) >= 11 is 0. The number of carbonyl (C=O) groups is 3. The van der Waals surface area contributed by atoms with Crippen LogP contribution >= 0.6 is 0 Å². The number of rotatable bonds is 6. The number of imide groups is 1. The molecular weight excluding hydrogens is 388 g/mol. The van der Waals surface area contributed by atoms with Crippen LogP contribution in [0, 0.1) is 23.7 Å². The minimum Gasteiger partial charge on any atom is -0.324 e. The van der Waals surface area contributed by atoms with E-state index in [2.05, 4.69) is 17.5 Å². The number of para-hydroxylation sites is 1. The lowest BCUT2D eigenvalue weighted by atomic mass is 9.85. The smallest absolute Gasteiger partial charge is 0.248 e. The molecule has 1 saturated heterocycles. The molecule has 1 saturated carbocycles. The van der Waals surface area contributed by atoms with Gasteiger partial charge in [0.2, 0.25) is 17.7 Å². The number of hydrogen-bond donors (Lipinski definition) is 1. The molecule has 1 N–H and O–H groups in total. The maximum Gasteiger partial charge on any atom is 0.248 e. The number of hydrogen-bond acceptors (Lipinski definition) is 3. The third kappa shape index (κ3) is 3.29. The van der Waals surface area contributed by atoms with Gasteiger partial charge in [0.1, 0.15) is 6.04 Å². The Kier molecular flexibility index (Phi) is 4.97. The second-order valence-electron chi connectivity index (χ2n) is 8.75. The SMILES string of the molecule is CCc1ccccc1NC(=O)[C@H](Cc1ccccc1)N1C(=O)[C@@H]2[C@@H](C1=O)[C@H]1C=C[C@H]2C1. The van der Waals surface area contributed by atoms with Gasteiger partial charge in [0.15, 0.2) is 0 Å². The minimum atomic E-state index is -0.864. The molecule has 2 aromatic rings. The Balaban J connectivity index is 1.47. The molecule has 31 heavy (non-hydrogen) atoms. The number of amides is 3. The molecule has 1 heterocycles. The average molecular weight is 415 g/mol. The lowest BCUT2D eigenvalue weighted by Crippen LogP contribution is -2.49. The summed E-state index contributed by atoms with van der Waals surface area (Å²) in [7, 11) is 0. The number of aryl methyl sites for hydroxylation is 1. The molecule has 5 heteroatoms. The highest BCUT2D eigenvalue weighted by Gasteiger charge is 2.61. The summed E-state index contributed by atoms with van der Waals surface area (Å²) in [4.78, 5) is 41.5. The van der Waals surface area contributed by atoms with Gasteiger partial charge in [-0.15, -0.1) is 0 Å². The van der Waals surface area contributed by atoms with E-state index < -0.39 is 6.04 Å². The molecule has 5 rings (SSSR count). The number of anilines is 1. The molecule has 0 unspecified atom stereocenters. The third-order valence-corrected chi connectivity index (χ3v) is 7.05. The number of allylic oxidation sites excluding steroid dienone is 2. The van der Waals surface area contributed by atoms with Crippen molar-refractivity contribution >= 4 is 23.4 Å². The average Bonchev–Trinajstić information content (AvgIpc) is 3.47. The highest BCUT2D eigenvalue weighted by Crippen LogP contribution is 2.53. The Morgan fingerprint density at radius 2 is 1.58 bits per heavy atom. The molecule has 2 bridgehead atoms. The summed E-state index contributed by atoms with van der Waals surface area (Å²) in [6, 6.07) is 16.4. The number of likely N-dealkylation sites (tertiary alicyclic amines) is 1. The van der Waals surface area contributed by atoms with Crippen LogP contribution in [-0.4, -0.2) is 28.7 Å². The number of benzene rings is 2. The Labute approximate surface area is 182 Å². The Bertz CT molecular complexity index is 1030. The highest BCUT2D eigenvalue weighted by atomic mass is 16.2. The van der Waals surface area contributed by atoms with E-state index in [1.165, 1.54) is 4.90 Å². The molecule has 2 fully saturated rings. The molecule has 3 amide bonds. The van der Waals surface area contributed by atoms with Gasteiger partial charge in [0.05, 0.1) is 11.8 Å². The lowest BCUT2D eigenvalue weighted by Gasteiger charge is -2.27. The number of nitrogens with zero attached hydrogens (tertiary/aromatic N) is 1. The first-order valence-corrected chi connectivity index (χ1v) is 11.1. The second kappa shape index (κ2) is 7.80. The van der Waals surface area contributed by atoms with Gasteiger partial charge in [0.25, 0.3) is 0 Å². The first-order valence-electron chi connectivity index (χ1n) is 11.1. The van der Waals surface area contributed by atoms with Gasteiger partial charge in [-0.2, -0.15) is 0 Å². The van der Waals surface area contributed by atoms with Crippen molar-refractivity contribution in [3.63, 3.8) is 0 Å². The van der Waals surface area contributed by atoms with E-state index in [1.807, 2.05) is 61.5 Å². The van der Waals surface area contributed by atoms with Crippen LogP contribution in [0.1, 0.15) is 24.5 Å². The zero-order chi connectivity index (χ0) is 21.5. The van der Waals surface area contributed by atoms with Crippen molar-refractivity contribution in [1.82, 2.24) is 4.90 Å². The molecule has 1 aliphatic heterocycles. The van der Waals surface area contributed by atoms with Crippen LogP contribution in [0.25, 0.3) is 0 Å². The standard InChI is InChI=1S/C26H26N2O3/c1-2-17-10-6-7-11-20(17)27-24(29)21(14-16-8-4-3-5-9-16)28-25(30)22-18-12-13-19(15-18)23(22)26(28)31/h3-13,18-19,21-23H,2,14-15H2,1H3,(H,27,29)/t18-,19-,21-,22-,23-/m0/s1. The Hall–Kier alpha value is -3.21. The van der Waals surface area contributed by atoms with Crippen LogP contribution in [-0.2, 0) is 27.2 Å². The summed E-state index contributed by atoms with van der Waals surface area (Å²) in [5.41, 5.74) is 2.67. The molecule has 0 radical (unpaired) electrons. The van der Waals surface area contributed by atoms with Crippen molar-refractivity contribution in [2.24, 2.45) is 23.7 Å². The predicted octanol–water partition coefficient (Wildman–Crippen LogP) is 3.61. The fourth-order valence-corrected chi connectivity index (χ4v) is 5.54. The first kappa shape index (κ1) is 19.7. The maximum absolute atomic E-state index is 13.5. The number of carbonyl (C=O) groups excluding carboxylic acids is 3. The van der Waals surface area contributed by atoms with E-state index >= 15 is 0 Å². The van der Waals surface area contributed by atoms with Crippen LogP contribution in [0.2, 0.25) is 0 Å². The quantitative estimate of drug-likeness (QED) is 0.580. The fourth-order valence-electron chi connectivity index (χ4n) is 5.54. The summed E-state index contributed by atoms with van der Waals surface area (Å²) in [6.07, 6.45) is 6.11. The Morgan fingerprint density at radius 1 is 0.968 bits per heavy atom. The van der Waals surface area contributed by atoms with Crippen LogP contribution in [0.4, 0.5) is 5.69 Å². The number of nitrogens with one attached hydrogen (secondary N) is 1. The molecule has 5 nitrogen and oxygen atoms in total. The highest BCUT2D eigenvalue weighted by molar-refractivity contribution is 6.11. The fraction of sp³-hybridized carbons (Fsp3) is 0.346. The van der Waals surface area contributed by atoms with Gasteiger partial charge >= 0.3 is 0 Å². The zero-order valence-corrected chi connectivity index (χ0v) is 17.5. The summed E-state index contributed by atoms with van der Waals surface area (Å²) < 4.78 is 0. The van der Waals surface area contributed by atoms with Crippen molar-refractivity contribution in [3.8, 4) is 0 Å². The Morgan fingerprint density at radius 3 is 2.23 bits per heavy atom. The van der Waals surface area contributed by atoms with Crippen LogP contribution < -0.4 is 5.32 Å². The monoisotopic (exact) mass is 414 g/mol. The van der Waals surface area contributed by atoms with Gasteiger partial charge in [-0.25, -0.2) is 0 Å². The molecule has 158 valence electrons. The molecule has 2 aromatic carbocycles. The number of fused-ring (bicyclic) bond motifs is 5. The maximum atomic E-state index is 13.5. The van der Waals surface area contributed by atoms with E-state index in [9.17, 15) is 14.4 Å². The van der Waals surface area contributed by atoms with Crippen LogP contribution in [0.3, 0.4) is 0 Å². The van der Waals surface area contributed by atoms with Crippen molar-refractivity contribution in [1.29, 1.82) is 0 Å². The van der Waals surface area contributed by atoms with E-state index in [4.69, 9.17) is 0 Å². The topological polar surface area (TPSA) is 66.5 Å². The van der Waals surface area contributed by atoms with Crippen molar-refractivity contribution in [2.45, 2.75) is 32.2 Å². The van der Waals surface area contributed by atoms with Gasteiger partial charge in [0, 0.05) is 12.1 Å². The molecule has 0 aromatic heterocycles. The van der Waals surface area contributed by atoms with Gasteiger partial charge < -0.3 is 5.32 Å². The van der Waals surface area contributed by atoms with E-state index in [0.29, 0.717) is 6.42 Å². The zero-order valence-electron chi connectivity index (χ0n) is 17.5. The minimum absolute atomic E-state index is 0.123. The third-order valence-electron chi connectivity index (χ3n) is 7.05. The molecule has 3 aliphatic rings. The predicted molar refractivity (Wildman–Crippen MR) is 118 cm³/mol. The van der Waals surface area contributed by atoms with Crippen molar-refractivity contribution in [2.75, 3.05) is 5.32 Å². The van der Waals surface area contributed by atoms with E-state index in [1.54, 1.807) is 0 Å². The van der Waals surface area contributed by atoms with Gasteiger partial charge in [-0.3, -0.25) is 19.3 Å². The summed E-state index contributed by atoms with van der Waals surface area (Å²) in [5.74, 6) is -1.06.